The number of hydrogen-bond acceptors (Lipinski definition) is 5. The molecule has 0 aliphatic carbocycles. The zero-order chi connectivity index (χ0) is 24.3. The predicted octanol–water partition coefficient (Wildman–Crippen LogP) is 4.66. The van der Waals surface area contributed by atoms with Gasteiger partial charge in [0.15, 0.2) is 0 Å². The summed E-state index contributed by atoms with van der Waals surface area (Å²) in [6.45, 7) is 2.71. The van der Waals surface area contributed by atoms with E-state index in [0.29, 0.717) is 18.8 Å². The number of alkyl halides is 3. The minimum absolute atomic E-state index is 0.0115. The summed E-state index contributed by atoms with van der Waals surface area (Å²) in [7, 11) is 2.00. The van der Waals surface area contributed by atoms with Gasteiger partial charge in [0.2, 0.25) is 5.89 Å². The highest BCUT2D eigenvalue weighted by atomic mass is 19.4. The lowest BCUT2D eigenvalue weighted by molar-refractivity contribution is -0.156. The van der Waals surface area contributed by atoms with Crippen LogP contribution in [0, 0.1) is 5.82 Å². The summed E-state index contributed by atoms with van der Waals surface area (Å²) in [5, 5.41) is 6.32. The van der Waals surface area contributed by atoms with Crippen molar-refractivity contribution in [2.24, 2.45) is 0 Å². The lowest BCUT2D eigenvalue weighted by Gasteiger charge is -2.30. The van der Waals surface area contributed by atoms with Gasteiger partial charge in [0, 0.05) is 36.4 Å². The van der Waals surface area contributed by atoms with E-state index in [1.807, 2.05) is 13.1 Å². The molecular formula is C23H23F4N5O2. The van der Waals surface area contributed by atoms with E-state index in [2.05, 4.69) is 19.5 Å². The van der Waals surface area contributed by atoms with Crippen molar-refractivity contribution in [3.8, 4) is 11.5 Å². The molecule has 2 heterocycles. The number of anilines is 1. The number of amides is 2. The zero-order valence-corrected chi connectivity index (χ0v) is 18.4. The van der Waals surface area contributed by atoms with E-state index in [4.69, 9.17) is 0 Å². The van der Waals surface area contributed by atoms with Crippen molar-refractivity contribution < 1.29 is 26.8 Å². The summed E-state index contributed by atoms with van der Waals surface area (Å²) in [4.78, 5) is 18.8. The Bertz CT molecular complexity index is 1140. The fourth-order valence-electron chi connectivity index (χ4n) is 3.72. The van der Waals surface area contributed by atoms with E-state index in [-0.39, 0.29) is 23.7 Å². The molecule has 0 unspecified atom stereocenters. The quantitative estimate of drug-likeness (QED) is 0.512. The Balaban J connectivity index is 1.59. The first-order valence-electron chi connectivity index (χ1n) is 10.7. The van der Waals surface area contributed by atoms with Crippen LogP contribution in [-0.2, 0) is 12.7 Å². The van der Waals surface area contributed by atoms with E-state index in [1.54, 1.807) is 29.2 Å². The van der Waals surface area contributed by atoms with Crippen LogP contribution in [0.2, 0.25) is 0 Å². The number of aromatic nitrogens is 2. The third-order valence-electron chi connectivity index (χ3n) is 5.58. The Morgan fingerprint density at radius 3 is 2.50 bits per heavy atom. The average Bonchev–Trinajstić information content (AvgIpc) is 3.22. The first-order valence-corrected chi connectivity index (χ1v) is 10.7. The van der Waals surface area contributed by atoms with E-state index in [1.165, 1.54) is 17.0 Å². The first kappa shape index (κ1) is 23.7. The maximum absolute atomic E-state index is 15.0. The Hall–Kier alpha value is -3.47. The molecule has 0 spiro atoms. The Kier molecular flexibility index (Phi) is 6.82. The molecule has 7 nitrogen and oxygen atoms in total. The molecular weight excluding hydrogens is 454 g/mol. The number of rotatable bonds is 4. The van der Waals surface area contributed by atoms with Crippen LogP contribution in [0.5, 0.6) is 0 Å². The smallest absolute Gasteiger partial charge is 0.413 e. The molecule has 1 aliphatic rings. The van der Waals surface area contributed by atoms with Gasteiger partial charge in [-0.2, -0.15) is 13.2 Å². The summed E-state index contributed by atoms with van der Waals surface area (Å²) in [5.41, 5.74) is 0.821. The summed E-state index contributed by atoms with van der Waals surface area (Å²) < 4.78 is 57.8. The van der Waals surface area contributed by atoms with Crippen LogP contribution in [0.1, 0.15) is 17.9 Å². The van der Waals surface area contributed by atoms with Gasteiger partial charge < -0.3 is 14.2 Å². The molecule has 0 radical (unpaired) electrons. The Morgan fingerprint density at radius 1 is 1.06 bits per heavy atom. The first-order chi connectivity index (χ1) is 16.2. The molecule has 1 fully saturated rings. The molecule has 1 saturated heterocycles. The van der Waals surface area contributed by atoms with Gasteiger partial charge in [0.25, 0.3) is 0 Å². The van der Waals surface area contributed by atoms with Crippen LogP contribution in [0.15, 0.2) is 52.9 Å². The Labute approximate surface area is 193 Å². The molecule has 180 valence electrons. The monoisotopic (exact) mass is 477 g/mol. The van der Waals surface area contributed by atoms with Gasteiger partial charge in [-0.1, -0.05) is 24.3 Å². The highest BCUT2D eigenvalue weighted by Crippen LogP contribution is 2.31. The number of para-hydroxylation sites is 1. The number of urea groups is 1. The topological polar surface area (TPSA) is 65.7 Å². The van der Waals surface area contributed by atoms with E-state index < -0.39 is 23.8 Å². The number of nitrogens with zero attached hydrogens (tertiary/aromatic N) is 5. The van der Waals surface area contributed by atoms with Crippen molar-refractivity contribution in [2.75, 3.05) is 38.1 Å². The molecule has 1 aliphatic heterocycles. The molecule has 3 aromatic rings. The van der Waals surface area contributed by atoms with Crippen molar-refractivity contribution in [3.63, 3.8) is 0 Å². The van der Waals surface area contributed by atoms with Gasteiger partial charge in [-0.25, -0.2) is 9.18 Å². The van der Waals surface area contributed by atoms with Gasteiger partial charge in [-0.3, -0.25) is 4.90 Å². The average molecular weight is 477 g/mol. The van der Waals surface area contributed by atoms with Crippen LogP contribution < -0.4 is 4.90 Å². The van der Waals surface area contributed by atoms with Crippen molar-refractivity contribution in [2.45, 2.75) is 19.1 Å². The van der Waals surface area contributed by atoms with Crippen LogP contribution in [0.3, 0.4) is 0 Å². The van der Waals surface area contributed by atoms with E-state index >= 15 is 4.39 Å². The molecule has 0 N–H and O–H groups in total. The third kappa shape index (κ3) is 5.36. The Morgan fingerprint density at radius 2 is 1.82 bits per heavy atom. The summed E-state index contributed by atoms with van der Waals surface area (Å²) >= 11 is 0. The molecule has 0 saturated carbocycles. The van der Waals surface area contributed by atoms with E-state index in [9.17, 15) is 18.0 Å². The van der Waals surface area contributed by atoms with Gasteiger partial charge in [-0.05, 0) is 44.3 Å². The molecule has 34 heavy (non-hydrogen) atoms. The van der Waals surface area contributed by atoms with Crippen molar-refractivity contribution in [3.05, 3.63) is 65.8 Å². The summed E-state index contributed by atoms with van der Waals surface area (Å²) in [6.07, 6.45) is -3.96. The molecule has 2 amide bonds. The maximum Gasteiger partial charge on any atom is 0.470 e. The third-order valence-corrected chi connectivity index (χ3v) is 5.58. The minimum atomic E-state index is -4.79. The number of hydrogen-bond donors (Lipinski definition) is 0. The van der Waals surface area contributed by atoms with Gasteiger partial charge in [0.05, 0.1) is 6.54 Å². The van der Waals surface area contributed by atoms with Crippen molar-refractivity contribution in [1.29, 1.82) is 0 Å². The van der Waals surface area contributed by atoms with E-state index in [0.717, 1.165) is 25.6 Å². The number of likely N-dealkylation sites (N-methyl/N-ethyl adjacent to an activating group) is 1. The van der Waals surface area contributed by atoms with Crippen LogP contribution in [0.25, 0.3) is 11.5 Å². The van der Waals surface area contributed by atoms with Gasteiger partial charge >= 0.3 is 18.1 Å². The van der Waals surface area contributed by atoms with Crippen LogP contribution in [0.4, 0.5) is 28.0 Å². The number of halogens is 4. The van der Waals surface area contributed by atoms with Crippen LogP contribution in [-0.4, -0.2) is 59.3 Å². The van der Waals surface area contributed by atoms with Gasteiger partial charge in [-0.15, -0.1) is 10.2 Å². The zero-order valence-electron chi connectivity index (χ0n) is 18.4. The largest absolute Gasteiger partial charge is 0.470 e. The van der Waals surface area contributed by atoms with Crippen molar-refractivity contribution >= 4 is 11.7 Å². The molecule has 0 bridgehead atoms. The van der Waals surface area contributed by atoms with Gasteiger partial charge in [0.1, 0.15) is 5.82 Å². The summed E-state index contributed by atoms with van der Waals surface area (Å²) in [5.74, 6) is -2.65. The fourth-order valence-corrected chi connectivity index (χ4v) is 3.72. The molecule has 1 aromatic heterocycles. The minimum Gasteiger partial charge on any atom is -0.413 e. The normalized spacial score (nSPS) is 15.3. The number of carbonyl (C=O) groups is 1. The number of benzene rings is 2. The second kappa shape index (κ2) is 9.80. The second-order valence-corrected chi connectivity index (χ2v) is 8.06. The van der Waals surface area contributed by atoms with Crippen LogP contribution >= 0.6 is 0 Å². The lowest BCUT2D eigenvalue weighted by atomic mass is 10.1. The highest BCUT2D eigenvalue weighted by molar-refractivity contribution is 5.92. The lowest BCUT2D eigenvalue weighted by Crippen LogP contribution is -2.44. The second-order valence-electron chi connectivity index (χ2n) is 8.06. The number of carbonyl (C=O) groups excluding carboxylic acids is 1. The molecule has 4 rings (SSSR count). The SMILES string of the molecule is CN1CCCN(C(=O)N(Cc2ccc(-c3nnc(C(F)(F)F)o3)cc2F)c2ccccc2)CC1. The fraction of sp³-hybridized carbons (Fsp3) is 0.348. The highest BCUT2D eigenvalue weighted by Gasteiger charge is 2.38. The predicted molar refractivity (Wildman–Crippen MR) is 116 cm³/mol. The standard InChI is InChI=1S/C23H23F4N5O2/c1-30-10-5-11-31(13-12-30)22(33)32(18-6-3-2-4-7-18)15-17-9-8-16(14-19(17)24)20-28-29-21(34-20)23(25,26)27/h2-4,6-9,14H,5,10-13,15H2,1H3. The molecule has 11 heteroatoms. The molecule has 0 atom stereocenters. The maximum atomic E-state index is 15.0. The van der Waals surface area contributed by atoms with Crippen molar-refractivity contribution in [1.82, 2.24) is 20.0 Å². The molecule has 2 aromatic carbocycles. The summed E-state index contributed by atoms with van der Waals surface area (Å²) in [6, 6.07) is 12.5.